The van der Waals surface area contributed by atoms with Gasteiger partial charge in [-0.15, -0.1) is 0 Å². The second-order valence-corrected chi connectivity index (χ2v) is 10.4. The van der Waals surface area contributed by atoms with E-state index in [4.69, 9.17) is 4.74 Å². The molecule has 2 aliphatic heterocycles. The van der Waals surface area contributed by atoms with Gasteiger partial charge in [-0.05, 0) is 94.6 Å². The molecule has 190 valence electrons. The first-order valence-electron chi connectivity index (χ1n) is 12.8. The fourth-order valence-corrected chi connectivity index (χ4v) is 5.40. The molecule has 1 saturated heterocycles. The van der Waals surface area contributed by atoms with Gasteiger partial charge in [-0.1, -0.05) is 12.1 Å². The molecule has 1 aromatic heterocycles. The number of halogens is 2. The van der Waals surface area contributed by atoms with Crippen molar-refractivity contribution in [3.8, 4) is 17.0 Å². The Labute approximate surface area is 212 Å². The highest BCUT2D eigenvalue weighted by atomic mass is 19.1. The van der Waals surface area contributed by atoms with Gasteiger partial charge in [0.05, 0.1) is 18.4 Å². The summed E-state index contributed by atoms with van der Waals surface area (Å²) in [6, 6.07) is 9.59. The maximum Gasteiger partial charge on any atom is 0.167 e. The van der Waals surface area contributed by atoms with E-state index in [2.05, 4.69) is 40.7 Å². The molecular weight excluding hydrogens is 458 g/mol. The molecular formula is C29H34F2N4O. The number of nitrogens with zero attached hydrogens (tertiary/aromatic N) is 4. The van der Waals surface area contributed by atoms with E-state index < -0.39 is 5.82 Å². The van der Waals surface area contributed by atoms with E-state index in [1.165, 1.54) is 6.20 Å². The monoisotopic (exact) mass is 492 g/mol. The van der Waals surface area contributed by atoms with E-state index in [9.17, 15) is 4.39 Å². The topological polar surface area (TPSA) is 41.5 Å². The van der Waals surface area contributed by atoms with Crippen molar-refractivity contribution in [2.45, 2.75) is 52.0 Å². The zero-order chi connectivity index (χ0) is 25.4. The lowest BCUT2D eigenvalue weighted by Crippen LogP contribution is -2.38. The molecule has 3 heterocycles. The first kappa shape index (κ1) is 24.6. The maximum absolute atomic E-state index is 15.0. The minimum Gasteiger partial charge on any atom is -0.489 e. The largest absolute Gasteiger partial charge is 0.489 e. The second kappa shape index (κ2) is 10.1. The molecule has 5 rings (SSSR count). The smallest absolute Gasteiger partial charge is 0.167 e. The highest BCUT2D eigenvalue weighted by molar-refractivity contribution is 5.74. The van der Waals surface area contributed by atoms with Crippen molar-refractivity contribution in [2.75, 3.05) is 38.2 Å². The van der Waals surface area contributed by atoms with Crippen molar-refractivity contribution in [1.29, 1.82) is 0 Å². The third-order valence-electron chi connectivity index (χ3n) is 7.42. The minimum absolute atomic E-state index is 0.177. The van der Waals surface area contributed by atoms with Gasteiger partial charge in [0.2, 0.25) is 0 Å². The van der Waals surface area contributed by atoms with Crippen LogP contribution in [-0.4, -0.2) is 54.2 Å². The van der Waals surface area contributed by atoms with Crippen molar-refractivity contribution in [3.05, 3.63) is 70.7 Å². The van der Waals surface area contributed by atoms with Crippen LogP contribution in [0.15, 0.2) is 36.5 Å². The molecule has 0 atom stereocenters. The maximum atomic E-state index is 15.0. The van der Waals surface area contributed by atoms with E-state index in [-0.39, 0.29) is 17.4 Å². The van der Waals surface area contributed by atoms with E-state index in [0.717, 1.165) is 60.6 Å². The lowest BCUT2D eigenvalue weighted by Gasteiger charge is -2.35. The average Bonchev–Trinajstić information content (AvgIpc) is 2.85. The van der Waals surface area contributed by atoms with Gasteiger partial charge in [-0.3, -0.25) is 0 Å². The summed E-state index contributed by atoms with van der Waals surface area (Å²) in [5, 5.41) is 0. The fraction of sp³-hybridized carbons (Fsp3) is 0.448. The van der Waals surface area contributed by atoms with Gasteiger partial charge in [0.15, 0.2) is 5.82 Å². The Morgan fingerprint density at radius 3 is 2.56 bits per heavy atom. The van der Waals surface area contributed by atoms with Gasteiger partial charge >= 0.3 is 0 Å². The molecule has 0 amide bonds. The minimum atomic E-state index is -0.477. The summed E-state index contributed by atoms with van der Waals surface area (Å²) in [5.74, 6) is 0.905. The number of ether oxygens (including phenoxy) is 1. The molecule has 5 nitrogen and oxygen atoms in total. The van der Waals surface area contributed by atoms with Crippen molar-refractivity contribution in [2.24, 2.45) is 0 Å². The standard InChI is InChI=1S/C29H34F2N4O/c1-18(2)35-11-12-36-29-19(3)13-22(16-26(29)35)28-25(31)17-32-27(33-28)15-20-5-6-23(24(30)14-20)21-7-9-34(4)10-8-21/h5-6,13-14,16-18,21H,7-12,15H2,1-4H3. The first-order chi connectivity index (χ1) is 17.3. The van der Waals surface area contributed by atoms with Crippen LogP contribution in [0.2, 0.25) is 0 Å². The fourth-order valence-electron chi connectivity index (χ4n) is 5.40. The first-order valence-corrected chi connectivity index (χ1v) is 12.8. The van der Waals surface area contributed by atoms with Crippen LogP contribution in [-0.2, 0) is 6.42 Å². The molecule has 2 aromatic carbocycles. The molecule has 0 unspecified atom stereocenters. The SMILES string of the molecule is Cc1cc(-c2nc(Cc3ccc(C4CCN(C)CC4)c(F)c3)ncc2F)cc2c1OCCN2C(C)C. The summed E-state index contributed by atoms with van der Waals surface area (Å²) in [6.45, 7) is 9.63. The Hall–Kier alpha value is -3.06. The van der Waals surface area contributed by atoms with Crippen LogP contribution in [0.25, 0.3) is 11.3 Å². The number of hydrogen-bond donors (Lipinski definition) is 0. The quantitative estimate of drug-likeness (QED) is 0.455. The van der Waals surface area contributed by atoms with E-state index in [1.54, 1.807) is 6.07 Å². The lowest BCUT2D eigenvalue weighted by molar-refractivity contribution is 0.253. The Bertz CT molecular complexity index is 1250. The van der Waals surface area contributed by atoms with Gasteiger partial charge in [0.1, 0.15) is 29.7 Å². The third-order valence-corrected chi connectivity index (χ3v) is 7.42. The summed E-state index contributed by atoms with van der Waals surface area (Å²) in [7, 11) is 2.10. The summed E-state index contributed by atoms with van der Waals surface area (Å²) in [4.78, 5) is 13.3. The highest BCUT2D eigenvalue weighted by Gasteiger charge is 2.25. The third kappa shape index (κ3) is 4.94. The van der Waals surface area contributed by atoms with Gasteiger partial charge < -0.3 is 14.5 Å². The van der Waals surface area contributed by atoms with Gasteiger partial charge in [-0.2, -0.15) is 0 Å². The van der Waals surface area contributed by atoms with Gasteiger partial charge in [-0.25, -0.2) is 18.7 Å². The normalized spacial score (nSPS) is 16.8. The summed E-state index contributed by atoms with van der Waals surface area (Å²) in [5.41, 5.74) is 4.41. The van der Waals surface area contributed by atoms with Crippen LogP contribution in [0, 0.1) is 18.6 Å². The van der Waals surface area contributed by atoms with Crippen LogP contribution in [0.4, 0.5) is 14.5 Å². The van der Waals surface area contributed by atoms with Crippen molar-refractivity contribution >= 4 is 5.69 Å². The zero-order valence-electron chi connectivity index (χ0n) is 21.5. The molecule has 36 heavy (non-hydrogen) atoms. The summed E-state index contributed by atoms with van der Waals surface area (Å²) >= 11 is 0. The Morgan fingerprint density at radius 2 is 1.83 bits per heavy atom. The molecule has 3 aromatic rings. The number of aromatic nitrogens is 2. The summed E-state index contributed by atoms with van der Waals surface area (Å²) < 4.78 is 35.9. The van der Waals surface area contributed by atoms with Crippen LogP contribution in [0.5, 0.6) is 5.75 Å². The van der Waals surface area contributed by atoms with Crippen LogP contribution in [0.1, 0.15) is 55.1 Å². The van der Waals surface area contributed by atoms with Gasteiger partial charge in [0, 0.05) is 18.0 Å². The number of aryl methyl sites for hydroxylation is 1. The number of rotatable bonds is 5. The van der Waals surface area contributed by atoms with Crippen LogP contribution < -0.4 is 9.64 Å². The molecule has 0 saturated carbocycles. The second-order valence-electron chi connectivity index (χ2n) is 10.4. The number of benzene rings is 2. The zero-order valence-corrected chi connectivity index (χ0v) is 21.5. The molecule has 0 spiro atoms. The van der Waals surface area contributed by atoms with E-state index >= 15 is 4.39 Å². The van der Waals surface area contributed by atoms with E-state index in [0.29, 0.717) is 30.5 Å². The molecule has 0 N–H and O–H groups in total. The molecule has 0 aliphatic carbocycles. The van der Waals surface area contributed by atoms with Crippen LogP contribution in [0.3, 0.4) is 0 Å². The number of fused-ring (bicyclic) bond motifs is 1. The molecule has 1 fully saturated rings. The number of anilines is 1. The Balaban J connectivity index is 1.41. The molecule has 0 bridgehead atoms. The Morgan fingerprint density at radius 1 is 1.06 bits per heavy atom. The summed E-state index contributed by atoms with van der Waals surface area (Å²) in [6.07, 6.45) is 3.49. The van der Waals surface area contributed by atoms with Crippen molar-refractivity contribution in [1.82, 2.24) is 14.9 Å². The number of hydrogen-bond acceptors (Lipinski definition) is 5. The predicted octanol–water partition coefficient (Wildman–Crippen LogP) is 5.74. The van der Waals surface area contributed by atoms with E-state index in [1.807, 2.05) is 31.2 Å². The van der Waals surface area contributed by atoms with Crippen molar-refractivity contribution in [3.63, 3.8) is 0 Å². The number of likely N-dealkylation sites (tertiary alicyclic amines) is 1. The highest BCUT2D eigenvalue weighted by Crippen LogP contribution is 2.40. The molecule has 0 radical (unpaired) electrons. The lowest BCUT2D eigenvalue weighted by atomic mass is 9.88. The van der Waals surface area contributed by atoms with Crippen molar-refractivity contribution < 1.29 is 13.5 Å². The van der Waals surface area contributed by atoms with Gasteiger partial charge in [0.25, 0.3) is 0 Å². The average molecular weight is 493 g/mol. The number of piperidine rings is 1. The van der Waals surface area contributed by atoms with Crippen LogP contribution >= 0.6 is 0 Å². The molecule has 7 heteroatoms. The molecule has 2 aliphatic rings. The predicted molar refractivity (Wildman–Crippen MR) is 139 cm³/mol. The Kier molecular flexibility index (Phi) is 6.93.